The Balaban J connectivity index is 1.89. The van der Waals surface area contributed by atoms with Gasteiger partial charge in [-0.2, -0.15) is 0 Å². The average Bonchev–Trinajstić information content (AvgIpc) is 3.22. The minimum Gasteiger partial charge on any atom is -0.497 e. The first-order valence-corrected chi connectivity index (χ1v) is 9.83. The van der Waals surface area contributed by atoms with Gasteiger partial charge in [-0.15, -0.1) is 0 Å². The van der Waals surface area contributed by atoms with Gasteiger partial charge in [0, 0.05) is 3.57 Å². The van der Waals surface area contributed by atoms with E-state index in [1.54, 1.807) is 49.6 Å². The molecular formula is C21H14IN3O5. The highest BCUT2D eigenvalue weighted by Gasteiger charge is 2.13. The maximum atomic E-state index is 13.3. The summed E-state index contributed by atoms with van der Waals surface area (Å²) in [6.07, 6.45) is 3.12. The first-order chi connectivity index (χ1) is 14.5. The fourth-order valence-corrected chi connectivity index (χ4v) is 3.45. The van der Waals surface area contributed by atoms with Gasteiger partial charge in [-0.3, -0.25) is 19.5 Å². The highest BCUT2D eigenvalue weighted by molar-refractivity contribution is 14.1. The molecule has 0 aliphatic carbocycles. The van der Waals surface area contributed by atoms with Gasteiger partial charge < -0.3 is 9.15 Å². The molecule has 0 saturated carbocycles. The summed E-state index contributed by atoms with van der Waals surface area (Å²) in [6, 6.07) is 15.2. The lowest BCUT2D eigenvalue weighted by molar-refractivity contribution is -0.402. The molecule has 30 heavy (non-hydrogen) atoms. The maximum absolute atomic E-state index is 13.3. The van der Waals surface area contributed by atoms with Gasteiger partial charge in [0.2, 0.25) is 0 Å². The molecule has 0 fully saturated rings. The van der Waals surface area contributed by atoms with Crippen LogP contribution in [0.15, 0.2) is 63.8 Å². The predicted molar refractivity (Wildman–Crippen MR) is 121 cm³/mol. The van der Waals surface area contributed by atoms with Gasteiger partial charge >= 0.3 is 5.88 Å². The molecule has 0 radical (unpaired) electrons. The second kappa shape index (κ2) is 8.11. The number of nitrogens with zero attached hydrogens (tertiary/aromatic N) is 3. The first kappa shape index (κ1) is 19.8. The van der Waals surface area contributed by atoms with Crippen LogP contribution in [0.5, 0.6) is 5.75 Å². The molecule has 8 nitrogen and oxygen atoms in total. The molecule has 4 aromatic rings. The largest absolute Gasteiger partial charge is 0.497 e. The molecule has 0 bridgehead atoms. The average molecular weight is 515 g/mol. The molecule has 0 amide bonds. The molecule has 0 aliphatic heterocycles. The predicted octanol–water partition coefficient (Wildman–Crippen LogP) is 4.67. The molecule has 150 valence electrons. The van der Waals surface area contributed by atoms with E-state index in [-0.39, 0.29) is 17.2 Å². The Kier molecular flexibility index (Phi) is 5.36. The van der Waals surface area contributed by atoms with Crippen LogP contribution in [0.1, 0.15) is 11.6 Å². The highest BCUT2D eigenvalue weighted by Crippen LogP contribution is 2.21. The normalized spacial score (nSPS) is 11.3. The molecule has 0 spiro atoms. The number of fused-ring (bicyclic) bond motifs is 1. The van der Waals surface area contributed by atoms with E-state index >= 15 is 0 Å². The molecule has 0 unspecified atom stereocenters. The van der Waals surface area contributed by atoms with Crippen molar-refractivity contribution in [1.29, 1.82) is 0 Å². The summed E-state index contributed by atoms with van der Waals surface area (Å²) >= 11 is 2.15. The minimum atomic E-state index is -0.611. The Morgan fingerprint density at radius 3 is 2.57 bits per heavy atom. The summed E-state index contributed by atoms with van der Waals surface area (Å²) in [5.41, 5.74) is 0.933. The lowest BCUT2D eigenvalue weighted by Gasteiger charge is -2.12. The second-order valence-corrected chi connectivity index (χ2v) is 7.48. The van der Waals surface area contributed by atoms with Crippen molar-refractivity contribution < 1.29 is 14.1 Å². The number of ether oxygens (including phenoxy) is 1. The third-order valence-electron chi connectivity index (χ3n) is 4.38. The fraction of sp³-hybridized carbons (Fsp3) is 0.0476. The zero-order chi connectivity index (χ0) is 21.3. The summed E-state index contributed by atoms with van der Waals surface area (Å²) in [6.45, 7) is 0. The molecule has 0 N–H and O–H groups in total. The maximum Gasteiger partial charge on any atom is 0.433 e. The molecule has 0 saturated heterocycles. The van der Waals surface area contributed by atoms with Crippen LogP contribution in [0.2, 0.25) is 0 Å². The highest BCUT2D eigenvalue weighted by atomic mass is 127. The van der Waals surface area contributed by atoms with E-state index in [9.17, 15) is 14.9 Å². The van der Waals surface area contributed by atoms with Crippen molar-refractivity contribution >= 4 is 51.5 Å². The van der Waals surface area contributed by atoms with Crippen molar-refractivity contribution in [2.75, 3.05) is 7.11 Å². The number of rotatable bonds is 5. The number of halogens is 1. The SMILES string of the molecule is COc1ccc(-n2c(C=Cc3ccc([N+](=O)[O-])o3)nc3ccc(I)cc3c2=O)cc1. The van der Waals surface area contributed by atoms with Gasteiger partial charge in [-0.05, 0) is 83.3 Å². The Hall–Kier alpha value is -3.47. The van der Waals surface area contributed by atoms with Crippen LogP contribution < -0.4 is 10.3 Å². The van der Waals surface area contributed by atoms with Gasteiger partial charge in [0.15, 0.2) is 0 Å². The molecule has 2 aromatic carbocycles. The fourth-order valence-electron chi connectivity index (χ4n) is 2.95. The Labute approximate surface area is 183 Å². The third-order valence-corrected chi connectivity index (χ3v) is 5.05. The molecule has 4 rings (SSSR count). The number of aromatic nitrogens is 2. The van der Waals surface area contributed by atoms with E-state index in [1.165, 1.54) is 22.8 Å². The van der Waals surface area contributed by atoms with Crippen molar-refractivity contribution in [3.8, 4) is 11.4 Å². The Bertz CT molecular complexity index is 1340. The summed E-state index contributed by atoms with van der Waals surface area (Å²) in [4.78, 5) is 28.1. The number of hydrogen-bond acceptors (Lipinski definition) is 6. The summed E-state index contributed by atoms with van der Waals surface area (Å²) in [5, 5.41) is 11.3. The second-order valence-electron chi connectivity index (χ2n) is 6.24. The van der Waals surface area contributed by atoms with Gasteiger partial charge in [-0.1, -0.05) is 0 Å². The number of furan rings is 1. The van der Waals surface area contributed by atoms with Crippen molar-refractivity contribution in [3.63, 3.8) is 0 Å². The third kappa shape index (κ3) is 3.83. The molecule has 9 heteroatoms. The van der Waals surface area contributed by atoms with Crippen LogP contribution in [0.25, 0.3) is 28.7 Å². The van der Waals surface area contributed by atoms with Gasteiger partial charge in [0.25, 0.3) is 5.56 Å². The van der Waals surface area contributed by atoms with E-state index in [1.807, 2.05) is 6.07 Å². The number of nitro groups is 1. The van der Waals surface area contributed by atoms with E-state index in [4.69, 9.17) is 9.15 Å². The van der Waals surface area contributed by atoms with Crippen LogP contribution in [-0.2, 0) is 0 Å². The number of methoxy groups -OCH3 is 1. The summed E-state index contributed by atoms with van der Waals surface area (Å²) in [5.74, 6) is 0.941. The minimum absolute atomic E-state index is 0.228. The molecule has 2 heterocycles. The van der Waals surface area contributed by atoms with Crippen LogP contribution >= 0.6 is 22.6 Å². The number of hydrogen-bond donors (Lipinski definition) is 0. The standard InChI is InChI=1S/C21H14IN3O5/c1-29-15-5-3-14(4-6-15)24-19(10-7-16-8-11-20(30-16)25(27)28)23-18-9-2-13(22)12-17(18)21(24)26/h2-12H,1H3. The summed E-state index contributed by atoms with van der Waals surface area (Å²) in [7, 11) is 1.57. The Morgan fingerprint density at radius 2 is 1.90 bits per heavy atom. The molecule has 0 atom stereocenters. The van der Waals surface area contributed by atoms with Crippen molar-refractivity contribution in [3.05, 3.63) is 90.2 Å². The van der Waals surface area contributed by atoms with E-state index < -0.39 is 4.92 Å². The lowest BCUT2D eigenvalue weighted by atomic mass is 10.2. The van der Waals surface area contributed by atoms with Crippen molar-refractivity contribution in [2.45, 2.75) is 0 Å². The first-order valence-electron chi connectivity index (χ1n) is 8.75. The number of benzene rings is 2. The summed E-state index contributed by atoms with van der Waals surface area (Å²) < 4.78 is 12.8. The van der Waals surface area contributed by atoms with E-state index in [0.717, 1.165) is 3.57 Å². The smallest absolute Gasteiger partial charge is 0.433 e. The Morgan fingerprint density at radius 1 is 1.13 bits per heavy atom. The van der Waals surface area contributed by atoms with Gasteiger partial charge in [0.05, 0.1) is 29.8 Å². The van der Waals surface area contributed by atoms with E-state index in [2.05, 4.69) is 27.6 Å². The zero-order valence-electron chi connectivity index (χ0n) is 15.6. The zero-order valence-corrected chi connectivity index (χ0v) is 17.8. The lowest BCUT2D eigenvalue weighted by Crippen LogP contribution is -2.22. The van der Waals surface area contributed by atoms with Gasteiger partial charge in [0.1, 0.15) is 22.3 Å². The quantitative estimate of drug-likeness (QED) is 0.218. The topological polar surface area (TPSA) is 100 Å². The van der Waals surface area contributed by atoms with Crippen molar-refractivity contribution in [2.24, 2.45) is 0 Å². The van der Waals surface area contributed by atoms with Crippen LogP contribution in [0, 0.1) is 13.7 Å². The molecule has 2 aromatic heterocycles. The molecular weight excluding hydrogens is 501 g/mol. The van der Waals surface area contributed by atoms with Crippen LogP contribution in [0.3, 0.4) is 0 Å². The van der Waals surface area contributed by atoms with Crippen LogP contribution in [-0.4, -0.2) is 21.6 Å². The van der Waals surface area contributed by atoms with Crippen LogP contribution in [0.4, 0.5) is 5.88 Å². The van der Waals surface area contributed by atoms with Gasteiger partial charge in [-0.25, -0.2) is 4.98 Å². The monoisotopic (exact) mass is 515 g/mol. The van der Waals surface area contributed by atoms with E-state index in [0.29, 0.717) is 28.2 Å². The van der Waals surface area contributed by atoms with Crippen molar-refractivity contribution in [1.82, 2.24) is 9.55 Å². The molecule has 0 aliphatic rings.